The Hall–Kier alpha value is -2.75. The Bertz CT molecular complexity index is 613. The smallest absolute Gasteiger partial charge is 0.321 e. The third kappa shape index (κ3) is 3.17. The van der Waals surface area contributed by atoms with Crippen LogP contribution in [0.15, 0.2) is 18.5 Å². The average Bonchev–Trinajstić information content (AvgIpc) is 2.48. The lowest BCUT2D eigenvalue weighted by atomic mass is 10.2. The summed E-state index contributed by atoms with van der Waals surface area (Å²) in [6, 6.07) is 3.96. The summed E-state index contributed by atoms with van der Waals surface area (Å²) in [5, 5.41) is 11.9. The number of rotatable bonds is 5. The van der Waals surface area contributed by atoms with Crippen LogP contribution < -0.4 is 10.1 Å². The monoisotopic (exact) mass is 270 g/mol. The third-order valence-corrected chi connectivity index (χ3v) is 2.35. The number of hydrogen-bond donors (Lipinski definition) is 1. The van der Waals surface area contributed by atoms with Crippen molar-refractivity contribution in [2.75, 3.05) is 18.5 Å². The highest BCUT2D eigenvalue weighted by atomic mass is 16.5. The van der Waals surface area contributed by atoms with Crippen LogP contribution in [0.25, 0.3) is 11.4 Å². The van der Waals surface area contributed by atoms with Crippen LogP contribution in [0, 0.1) is 11.3 Å². The molecule has 7 nitrogen and oxygen atoms in total. The Morgan fingerprint density at radius 1 is 1.25 bits per heavy atom. The van der Waals surface area contributed by atoms with Gasteiger partial charge in [0.2, 0.25) is 5.95 Å². The van der Waals surface area contributed by atoms with Gasteiger partial charge in [0.25, 0.3) is 0 Å². The van der Waals surface area contributed by atoms with E-state index in [1.165, 1.54) is 6.20 Å². The molecule has 0 fully saturated rings. The van der Waals surface area contributed by atoms with Crippen molar-refractivity contribution in [2.45, 2.75) is 13.8 Å². The largest absolute Gasteiger partial charge is 0.464 e. The van der Waals surface area contributed by atoms with Gasteiger partial charge in [-0.15, -0.1) is 0 Å². The molecule has 0 aliphatic heterocycles. The van der Waals surface area contributed by atoms with Crippen LogP contribution >= 0.6 is 0 Å². The van der Waals surface area contributed by atoms with Gasteiger partial charge in [0.05, 0.1) is 12.2 Å². The molecule has 0 unspecified atom stereocenters. The van der Waals surface area contributed by atoms with Crippen molar-refractivity contribution in [3.05, 3.63) is 24.0 Å². The molecular formula is C13H14N6O. The first kappa shape index (κ1) is 13.7. The zero-order valence-electron chi connectivity index (χ0n) is 11.3. The fourth-order valence-corrected chi connectivity index (χ4v) is 1.54. The number of ether oxygens (including phenoxy) is 1. The third-order valence-electron chi connectivity index (χ3n) is 2.35. The topological polar surface area (TPSA) is 96.6 Å². The van der Waals surface area contributed by atoms with E-state index in [2.05, 4.69) is 25.3 Å². The molecular weight excluding hydrogens is 256 g/mol. The lowest BCUT2D eigenvalue weighted by Gasteiger charge is -2.07. The Morgan fingerprint density at radius 2 is 2.10 bits per heavy atom. The first-order valence-corrected chi connectivity index (χ1v) is 6.25. The van der Waals surface area contributed by atoms with Crippen LogP contribution in [0.5, 0.6) is 6.01 Å². The highest BCUT2D eigenvalue weighted by Gasteiger charge is 2.10. The van der Waals surface area contributed by atoms with E-state index in [-0.39, 0.29) is 6.01 Å². The molecule has 0 amide bonds. The number of nitrogens with one attached hydrogen (secondary N) is 1. The second-order valence-corrected chi connectivity index (χ2v) is 3.80. The Morgan fingerprint density at radius 3 is 2.80 bits per heavy atom. The van der Waals surface area contributed by atoms with E-state index in [0.29, 0.717) is 36.1 Å². The molecule has 102 valence electrons. The summed E-state index contributed by atoms with van der Waals surface area (Å²) in [4.78, 5) is 16.6. The second-order valence-electron chi connectivity index (χ2n) is 3.80. The van der Waals surface area contributed by atoms with Crippen LogP contribution in [-0.4, -0.2) is 33.1 Å². The first-order valence-electron chi connectivity index (χ1n) is 6.25. The van der Waals surface area contributed by atoms with Crippen molar-refractivity contribution >= 4 is 5.95 Å². The van der Waals surface area contributed by atoms with E-state index in [1.807, 2.05) is 19.9 Å². The van der Waals surface area contributed by atoms with Gasteiger partial charge >= 0.3 is 6.01 Å². The van der Waals surface area contributed by atoms with Gasteiger partial charge in [-0.25, -0.2) is 0 Å². The maximum atomic E-state index is 8.91. The lowest BCUT2D eigenvalue weighted by molar-refractivity contribution is 0.312. The average molecular weight is 270 g/mol. The van der Waals surface area contributed by atoms with E-state index in [9.17, 15) is 0 Å². The van der Waals surface area contributed by atoms with Crippen molar-refractivity contribution in [3.63, 3.8) is 0 Å². The van der Waals surface area contributed by atoms with E-state index in [1.54, 1.807) is 12.3 Å². The Kier molecular flexibility index (Phi) is 4.39. The fourth-order valence-electron chi connectivity index (χ4n) is 1.54. The molecule has 2 rings (SSSR count). The van der Waals surface area contributed by atoms with Gasteiger partial charge in [-0.1, -0.05) is 0 Å². The summed E-state index contributed by atoms with van der Waals surface area (Å²) in [6.45, 7) is 4.95. The van der Waals surface area contributed by atoms with Crippen LogP contribution in [0.2, 0.25) is 0 Å². The summed E-state index contributed by atoms with van der Waals surface area (Å²) in [5.74, 6) is 0.854. The number of pyridine rings is 1. The molecule has 0 radical (unpaired) electrons. The first-order chi connectivity index (χ1) is 9.76. The van der Waals surface area contributed by atoms with Crippen molar-refractivity contribution < 1.29 is 4.74 Å². The molecule has 0 spiro atoms. The summed E-state index contributed by atoms with van der Waals surface area (Å²) < 4.78 is 5.32. The molecule has 0 bridgehead atoms. The minimum Gasteiger partial charge on any atom is -0.464 e. The van der Waals surface area contributed by atoms with Gasteiger partial charge in [-0.2, -0.15) is 20.2 Å². The Labute approximate surface area is 116 Å². The molecule has 0 atom stereocenters. The number of anilines is 1. The number of hydrogen-bond acceptors (Lipinski definition) is 7. The van der Waals surface area contributed by atoms with E-state index < -0.39 is 0 Å². The molecule has 0 saturated carbocycles. The number of nitriles is 1. The van der Waals surface area contributed by atoms with Crippen molar-refractivity contribution in [1.29, 1.82) is 5.26 Å². The van der Waals surface area contributed by atoms with Gasteiger partial charge in [-0.3, -0.25) is 4.98 Å². The number of aromatic nitrogens is 4. The van der Waals surface area contributed by atoms with Crippen LogP contribution in [-0.2, 0) is 0 Å². The van der Waals surface area contributed by atoms with Crippen molar-refractivity contribution in [2.24, 2.45) is 0 Å². The van der Waals surface area contributed by atoms with Gasteiger partial charge in [0, 0.05) is 24.5 Å². The minimum absolute atomic E-state index is 0.246. The van der Waals surface area contributed by atoms with Gasteiger partial charge in [-0.05, 0) is 19.9 Å². The van der Waals surface area contributed by atoms with Gasteiger partial charge in [0.15, 0.2) is 5.82 Å². The zero-order chi connectivity index (χ0) is 14.4. The summed E-state index contributed by atoms with van der Waals surface area (Å²) in [7, 11) is 0. The second kappa shape index (κ2) is 6.43. The lowest BCUT2D eigenvalue weighted by Crippen LogP contribution is -2.07. The molecule has 2 aromatic rings. The fraction of sp³-hybridized carbons (Fsp3) is 0.308. The molecule has 2 heterocycles. The SMILES string of the molecule is CCNc1nc(OCC)nc(-c2cncc(C#N)c2)n1. The van der Waals surface area contributed by atoms with Crippen LogP contribution in [0.4, 0.5) is 5.95 Å². The quantitative estimate of drug-likeness (QED) is 0.881. The molecule has 0 aliphatic carbocycles. The summed E-state index contributed by atoms with van der Waals surface area (Å²) in [6.07, 6.45) is 3.08. The Balaban J connectivity index is 2.45. The molecule has 7 heteroatoms. The summed E-state index contributed by atoms with van der Waals surface area (Å²) >= 11 is 0. The molecule has 0 saturated heterocycles. The summed E-state index contributed by atoms with van der Waals surface area (Å²) in [5.41, 5.74) is 1.09. The minimum atomic E-state index is 0.246. The zero-order valence-corrected chi connectivity index (χ0v) is 11.3. The van der Waals surface area contributed by atoms with Crippen LogP contribution in [0.1, 0.15) is 19.4 Å². The molecule has 0 aliphatic rings. The predicted octanol–water partition coefficient (Wildman–Crippen LogP) is 1.64. The van der Waals surface area contributed by atoms with Crippen molar-refractivity contribution in [3.8, 4) is 23.5 Å². The maximum absolute atomic E-state index is 8.91. The van der Waals surface area contributed by atoms with Crippen molar-refractivity contribution in [1.82, 2.24) is 19.9 Å². The van der Waals surface area contributed by atoms with E-state index in [4.69, 9.17) is 10.00 Å². The standard InChI is InChI=1S/C13H14N6O/c1-3-16-12-17-11(18-13(19-12)20-4-2)10-5-9(6-14)7-15-8-10/h5,7-8H,3-4H2,1-2H3,(H,16,17,18,19). The van der Waals surface area contributed by atoms with Gasteiger partial charge < -0.3 is 10.1 Å². The van der Waals surface area contributed by atoms with Crippen LogP contribution in [0.3, 0.4) is 0 Å². The molecule has 2 aromatic heterocycles. The van der Waals surface area contributed by atoms with Gasteiger partial charge in [0.1, 0.15) is 6.07 Å². The normalized spacial score (nSPS) is 9.85. The van der Waals surface area contributed by atoms with E-state index in [0.717, 1.165) is 0 Å². The highest BCUT2D eigenvalue weighted by molar-refractivity contribution is 5.57. The predicted molar refractivity (Wildman–Crippen MR) is 73.1 cm³/mol. The maximum Gasteiger partial charge on any atom is 0.321 e. The molecule has 1 N–H and O–H groups in total. The highest BCUT2D eigenvalue weighted by Crippen LogP contribution is 2.18. The van der Waals surface area contributed by atoms with E-state index >= 15 is 0 Å². The molecule has 20 heavy (non-hydrogen) atoms. The number of nitrogens with zero attached hydrogens (tertiary/aromatic N) is 5. The molecule has 0 aromatic carbocycles.